The molecule has 6 heteroatoms. The van der Waals surface area contributed by atoms with Crippen LogP contribution in [0.15, 0.2) is 102 Å². The Labute approximate surface area is 184 Å². The van der Waals surface area contributed by atoms with Gasteiger partial charge in [-0.1, -0.05) is 102 Å². The summed E-state index contributed by atoms with van der Waals surface area (Å²) >= 11 is 13.5. The third-order valence-corrected chi connectivity index (χ3v) is 5.69. The molecule has 0 fully saturated rings. The van der Waals surface area contributed by atoms with Crippen molar-refractivity contribution in [3.05, 3.63) is 102 Å². The second-order valence-electron chi connectivity index (χ2n) is 6.12. The molecule has 0 N–H and O–H groups in total. The number of benzene rings is 3. The van der Waals surface area contributed by atoms with Crippen LogP contribution in [0.2, 0.25) is 5.15 Å². The van der Waals surface area contributed by atoms with Crippen LogP contribution in [-0.4, -0.2) is 14.5 Å². The summed E-state index contributed by atoms with van der Waals surface area (Å²) in [6.45, 7) is 0. The quantitative estimate of drug-likeness (QED) is 0.255. The number of thiocarbonyl (C=S) groups is 1. The summed E-state index contributed by atoms with van der Waals surface area (Å²) < 4.78 is 0.670. The van der Waals surface area contributed by atoms with Crippen LogP contribution < -0.4 is 4.90 Å². The van der Waals surface area contributed by atoms with E-state index in [-0.39, 0.29) is 0 Å². The summed E-state index contributed by atoms with van der Waals surface area (Å²) in [5, 5.41) is 8.69. The van der Waals surface area contributed by atoms with Crippen LogP contribution in [0.5, 0.6) is 0 Å². The van der Waals surface area contributed by atoms with E-state index >= 15 is 0 Å². The van der Waals surface area contributed by atoms with Crippen molar-refractivity contribution in [3.8, 4) is 11.3 Å². The van der Waals surface area contributed by atoms with Gasteiger partial charge in [0.2, 0.25) is 0 Å². The lowest BCUT2D eigenvalue weighted by atomic mass is 10.1. The maximum atomic E-state index is 6.16. The van der Waals surface area contributed by atoms with Gasteiger partial charge in [-0.2, -0.15) is 0 Å². The zero-order valence-electron chi connectivity index (χ0n) is 15.3. The fourth-order valence-electron chi connectivity index (χ4n) is 2.88. The fraction of sp³-hybridized carbons (Fsp3) is 0. The highest BCUT2D eigenvalue weighted by atomic mass is 35.5. The average Bonchev–Trinajstić information content (AvgIpc) is 2.76. The van der Waals surface area contributed by atoms with E-state index < -0.39 is 0 Å². The Bertz CT molecular complexity index is 1070. The zero-order valence-corrected chi connectivity index (χ0v) is 17.7. The first-order valence-corrected chi connectivity index (χ1v) is 10.5. The molecule has 0 spiro atoms. The van der Waals surface area contributed by atoms with Gasteiger partial charge < -0.3 is 0 Å². The Hall–Kier alpha value is -2.73. The van der Waals surface area contributed by atoms with Crippen LogP contribution in [0.1, 0.15) is 0 Å². The van der Waals surface area contributed by atoms with Crippen molar-refractivity contribution in [1.82, 2.24) is 10.2 Å². The maximum Gasteiger partial charge on any atom is 0.152 e. The van der Waals surface area contributed by atoms with Gasteiger partial charge in [-0.05, 0) is 30.3 Å². The van der Waals surface area contributed by atoms with E-state index in [1.54, 1.807) is 0 Å². The molecule has 142 valence electrons. The van der Waals surface area contributed by atoms with Gasteiger partial charge in [-0.15, -0.1) is 10.2 Å². The Kier molecular flexibility index (Phi) is 6.20. The molecule has 0 aliphatic rings. The summed E-state index contributed by atoms with van der Waals surface area (Å²) in [6, 6.07) is 31.8. The van der Waals surface area contributed by atoms with E-state index in [0.717, 1.165) is 27.5 Å². The molecule has 4 aromatic rings. The van der Waals surface area contributed by atoms with Gasteiger partial charge >= 0.3 is 0 Å². The Morgan fingerprint density at radius 1 is 0.759 bits per heavy atom. The topological polar surface area (TPSA) is 29.0 Å². The number of para-hydroxylation sites is 2. The fourth-order valence-corrected chi connectivity index (χ4v) is 4.49. The third-order valence-electron chi connectivity index (χ3n) is 4.18. The van der Waals surface area contributed by atoms with E-state index in [1.807, 2.05) is 102 Å². The lowest BCUT2D eigenvalue weighted by molar-refractivity contribution is 1.01. The Morgan fingerprint density at radius 2 is 1.28 bits per heavy atom. The molecule has 1 aromatic heterocycles. The summed E-state index contributed by atoms with van der Waals surface area (Å²) in [4.78, 5) is 2.90. The Balaban J connectivity index is 1.73. The number of hydrogen-bond acceptors (Lipinski definition) is 4. The molecule has 4 rings (SSSR count). The van der Waals surface area contributed by atoms with E-state index in [1.165, 1.54) is 11.8 Å². The van der Waals surface area contributed by atoms with E-state index in [4.69, 9.17) is 23.8 Å². The monoisotopic (exact) mass is 433 g/mol. The number of hydrogen-bond donors (Lipinski definition) is 0. The van der Waals surface area contributed by atoms with Crippen molar-refractivity contribution < 1.29 is 0 Å². The molecule has 0 radical (unpaired) electrons. The van der Waals surface area contributed by atoms with Crippen LogP contribution in [0, 0.1) is 0 Å². The van der Waals surface area contributed by atoms with E-state index in [0.29, 0.717) is 9.47 Å². The molecule has 0 aliphatic heterocycles. The molecule has 0 amide bonds. The molecule has 0 saturated heterocycles. The van der Waals surface area contributed by atoms with Crippen LogP contribution in [0.25, 0.3) is 11.3 Å². The summed E-state index contributed by atoms with van der Waals surface area (Å²) in [7, 11) is 0. The van der Waals surface area contributed by atoms with Gasteiger partial charge in [0.15, 0.2) is 5.15 Å². The Morgan fingerprint density at radius 3 is 1.83 bits per heavy atom. The summed E-state index contributed by atoms with van der Waals surface area (Å²) in [6.07, 6.45) is 0. The summed E-state index contributed by atoms with van der Waals surface area (Å²) in [5.41, 5.74) is 3.70. The number of thioether (sulfide) groups is 1. The lowest BCUT2D eigenvalue weighted by Crippen LogP contribution is -2.21. The van der Waals surface area contributed by atoms with E-state index in [9.17, 15) is 0 Å². The minimum absolute atomic E-state index is 0.334. The molecule has 0 bridgehead atoms. The molecule has 0 aliphatic carbocycles. The van der Waals surface area contributed by atoms with Crippen molar-refractivity contribution in [3.63, 3.8) is 0 Å². The smallest absolute Gasteiger partial charge is 0.152 e. The van der Waals surface area contributed by atoms with Crippen molar-refractivity contribution in [1.29, 1.82) is 0 Å². The molecular weight excluding hydrogens is 418 g/mol. The molecule has 1 heterocycles. The summed E-state index contributed by atoms with van der Waals surface area (Å²) in [5.74, 6) is 0. The molecule has 0 atom stereocenters. The average molecular weight is 434 g/mol. The number of rotatable bonds is 4. The first kappa shape index (κ1) is 19.6. The van der Waals surface area contributed by atoms with Crippen molar-refractivity contribution in [2.24, 2.45) is 0 Å². The van der Waals surface area contributed by atoms with Gasteiger partial charge in [-0.3, -0.25) is 4.90 Å². The number of aromatic nitrogens is 2. The minimum Gasteiger partial charge on any atom is -0.296 e. The van der Waals surface area contributed by atoms with Crippen LogP contribution in [0.4, 0.5) is 11.4 Å². The van der Waals surface area contributed by atoms with E-state index in [2.05, 4.69) is 10.2 Å². The zero-order chi connectivity index (χ0) is 20.1. The molecule has 29 heavy (non-hydrogen) atoms. The maximum absolute atomic E-state index is 6.16. The van der Waals surface area contributed by atoms with Gasteiger partial charge in [-0.25, -0.2) is 0 Å². The van der Waals surface area contributed by atoms with Gasteiger partial charge in [0, 0.05) is 21.8 Å². The lowest BCUT2D eigenvalue weighted by Gasteiger charge is -2.25. The van der Waals surface area contributed by atoms with Gasteiger partial charge in [0.1, 0.15) is 10.0 Å². The first-order valence-electron chi connectivity index (χ1n) is 8.93. The van der Waals surface area contributed by atoms with Gasteiger partial charge in [0.25, 0.3) is 0 Å². The molecule has 0 saturated carbocycles. The predicted molar refractivity (Wildman–Crippen MR) is 126 cm³/mol. The molecular formula is C23H16ClN3S2. The number of halogens is 1. The third kappa shape index (κ3) is 4.65. The first-order chi connectivity index (χ1) is 14.2. The van der Waals surface area contributed by atoms with Crippen molar-refractivity contribution in [2.45, 2.75) is 4.90 Å². The number of anilines is 2. The molecule has 3 aromatic carbocycles. The predicted octanol–water partition coefficient (Wildman–Crippen LogP) is 7.01. The standard InChI is InChI=1S/C23H16ClN3S2/c24-21-16-20(22(26-25-21)17-10-4-1-5-11-17)29-23(28)27(18-12-6-2-7-13-18)19-14-8-3-9-15-19/h1-16H. The number of nitrogens with zero attached hydrogens (tertiary/aromatic N) is 3. The van der Waals surface area contributed by atoms with Gasteiger partial charge in [0.05, 0.1) is 0 Å². The van der Waals surface area contributed by atoms with Crippen LogP contribution >= 0.6 is 35.6 Å². The second-order valence-corrected chi connectivity index (χ2v) is 8.18. The highest BCUT2D eigenvalue weighted by molar-refractivity contribution is 8.23. The second kappa shape index (κ2) is 9.18. The highest BCUT2D eigenvalue weighted by Crippen LogP contribution is 2.36. The van der Waals surface area contributed by atoms with Crippen LogP contribution in [-0.2, 0) is 0 Å². The van der Waals surface area contributed by atoms with Crippen LogP contribution in [0.3, 0.4) is 0 Å². The SMILES string of the molecule is S=C(Sc1cc(Cl)nnc1-c1ccccc1)N(c1ccccc1)c1ccccc1. The normalized spacial score (nSPS) is 10.5. The molecule has 0 unspecified atom stereocenters. The largest absolute Gasteiger partial charge is 0.296 e. The van der Waals surface area contributed by atoms with Crippen molar-refractivity contribution in [2.75, 3.05) is 4.90 Å². The molecule has 3 nitrogen and oxygen atoms in total. The highest BCUT2D eigenvalue weighted by Gasteiger charge is 2.19. The minimum atomic E-state index is 0.334. The van der Waals surface area contributed by atoms with Crippen molar-refractivity contribution >= 4 is 51.3 Å².